The van der Waals surface area contributed by atoms with Gasteiger partial charge in [-0.2, -0.15) is 0 Å². The second-order valence-electron chi connectivity index (χ2n) is 3.26. The Bertz CT molecular complexity index is 387. The fourth-order valence-corrected chi connectivity index (χ4v) is 1.24. The number of carboxylic acid groups (broad SMARTS) is 1. The first-order chi connectivity index (χ1) is 7.63. The summed E-state index contributed by atoms with van der Waals surface area (Å²) in [6.07, 6.45) is 0.898. The zero-order valence-corrected chi connectivity index (χ0v) is 8.72. The summed E-state index contributed by atoms with van der Waals surface area (Å²) in [6.45, 7) is 3.51. The number of anilines is 1. The number of carbonyl (C=O) groups is 2. The lowest BCUT2D eigenvalue weighted by atomic mass is 10.1. The number of ketones is 1. The molecule has 0 bridgehead atoms. The lowest BCUT2D eigenvalue weighted by Gasteiger charge is -2.13. The van der Waals surface area contributed by atoms with Gasteiger partial charge in [-0.15, -0.1) is 6.58 Å². The SMILES string of the molecule is C=CC(Nc1ccccc1)C(=O)CC(=O)O. The molecular weight excluding hydrogens is 206 g/mol. The number of carboxylic acids is 1. The number of carbonyl (C=O) groups excluding carboxylic acids is 1. The first-order valence-electron chi connectivity index (χ1n) is 4.82. The van der Waals surface area contributed by atoms with Crippen LogP contribution in [0.5, 0.6) is 0 Å². The minimum absolute atomic E-state index is 0.411. The number of aliphatic carboxylic acids is 1. The van der Waals surface area contributed by atoms with E-state index in [2.05, 4.69) is 11.9 Å². The van der Waals surface area contributed by atoms with Crippen LogP contribution >= 0.6 is 0 Å². The first-order valence-corrected chi connectivity index (χ1v) is 4.82. The summed E-state index contributed by atoms with van der Waals surface area (Å²) in [5, 5.41) is 11.4. The Balaban J connectivity index is 2.66. The van der Waals surface area contributed by atoms with E-state index in [0.717, 1.165) is 5.69 Å². The third-order valence-electron chi connectivity index (χ3n) is 2.00. The molecule has 1 aromatic rings. The Kier molecular flexibility index (Phi) is 4.27. The van der Waals surface area contributed by atoms with Crippen molar-refractivity contribution < 1.29 is 14.7 Å². The van der Waals surface area contributed by atoms with Gasteiger partial charge in [0.1, 0.15) is 12.5 Å². The maximum absolute atomic E-state index is 11.5. The Morgan fingerprint density at radius 3 is 2.50 bits per heavy atom. The van der Waals surface area contributed by atoms with E-state index < -0.39 is 24.2 Å². The maximum Gasteiger partial charge on any atom is 0.310 e. The van der Waals surface area contributed by atoms with Gasteiger partial charge in [-0.1, -0.05) is 24.3 Å². The molecule has 84 valence electrons. The van der Waals surface area contributed by atoms with Crippen molar-refractivity contribution in [1.29, 1.82) is 0 Å². The van der Waals surface area contributed by atoms with Crippen LogP contribution in [0.2, 0.25) is 0 Å². The zero-order valence-electron chi connectivity index (χ0n) is 8.72. The molecule has 1 aromatic carbocycles. The van der Waals surface area contributed by atoms with Crippen LogP contribution in [0.1, 0.15) is 6.42 Å². The standard InChI is InChI=1S/C12H13NO3/c1-2-10(11(14)8-12(15)16)13-9-6-4-3-5-7-9/h2-7,10,13H,1,8H2,(H,15,16). The predicted molar refractivity (Wildman–Crippen MR) is 61.3 cm³/mol. The molecule has 2 N–H and O–H groups in total. The highest BCUT2D eigenvalue weighted by molar-refractivity contribution is 6.00. The van der Waals surface area contributed by atoms with Crippen LogP contribution in [-0.4, -0.2) is 22.9 Å². The number of Topliss-reactive ketones (excluding diaryl/α,β-unsaturated/α-hetero) is 1. The van der Waals surface area contributed by atoms with E-state index in [1.54, 1.807) is 12.1 Å². The van der Waals surface area contributed by atoms with E-state index in [1.165, 1.54) is 6.08 Å². The molecule has 1 atom stereocenters. The minimum atomic E-state index is -1.13. The molecule has 0 spiro atoms. The topological polar surface area (TPSA) is 66.4 Å². The molecule has 0 aromatic heterocycles. The smallest absolute Gasteiger partial charge is 0.310 e. The number of hydrogen-bond donors (Lipinski definition) is 2. The van der Waals surface area contributed by atoms with Crippen LogP contribution in [0.3, 0.4) is 0 Å². The Labute approximate surface area is 93.6 Å². The largest absolute Gasteiger partial charge is 0.481 e. The highest BCUT2D eigenvalue weighted by atomic mass is 16.4. The van der Waals surface area contributed by atoms with Crippen LogP contribution in [0.25, 0.3) is 0 Å². The lowest BCUT2D eigenvalue weighted by molar-refractivity contribution is -0.140. The predicted octanol–water partition coefficient (Wildman–Crippen LogP) is 1.70. The molecule has 0 amide bonds. The van der Waals surface area contributed by atoms with E-state index in [1.807, 2.05) is 18.2 Å². The van der Waals surface area contributed by atoms with Gasteiger partial charge < -0.3 is 10.4 Å². The van der Waals surface area contributed by atoms with E-state index in [-0.39, 0.29) is 0 Å². The summed E-state index contributed by atoms with van der Waals surface area (Å²) in [6, 6.07) is 8.43. The van der Waals surface area contributed by atoms with Crippen molar-refractivity contribution >= 4 is 17.4 Å². The number of hydrogen-bond acceptors (Lipinski definition) is 3. The van der Waals surface area contributed by atoms with Crippen molar-refractivity contribution in [2.45, 2.75) is 12.5 Å². The second kappa shape index (κ2) is 5.70. The number of para-hydroxylation sites is 1. The fraction of sp³-hybridized carbons (Fsp3) is 0.167. The second-order valence-corrected chi connectivity index (χ2v) is 3.26. The normalized spacial score (nSPS) is 11.5. The molecule has 16 heavy (non-hydrogen) atoms. The van der Waals surface area contributed by atoms with Gasteiger partial charge in [-0.3, -0.25) is 9.59 Å². The first kappa shape index (κ1) is 12.0. The number of benzene rings is 1. The third kappa shape index (κ3) is 3.57. The fourth-order valence-electron chi connectivity index (χ4n) is 1.24. The molecule has 0 radical (unpaired) electrons. The summed E-state index contributed by atoms with van der Waals surface area (Å²) >= 11 is 0. The van der Waals surface area contributed by atoms with Crippen molar-refractivity contribution in [1.82, 2.24) is 0 Å². The van der Waals surface area contributed by atoms with Crippen LogP contribution in [0, 0.1) is 0 Å². The molecule has 0 aliphatic carbocycles. The van der Waals surface area contributed by atoms with Gasteiger partial charge in [-0.05, 0) is 12.1 Å². The molecule has 0 heterocycles. The highest BCUT2D eigenvalue weighted by Crippen LogP contribution is 2.09. The van der Waals surface area contributed by atoms with Gasteiger partial charge in [0.2, 0.25) is 0 Å². The number of rotatable bonds is 6. The Morgan fingerprint density at radius 2 is 2.00 bits per heavy atom. The van der Waals surface area contributed by atoms with Crippen molar-refractivity contribution in [2.75, 3.05) is 5.32 Å². The molecule has 0 saturated heterocycles. The van der Waals surface area contributed by atoms with Crippen molar-refractivity contribution in [2.24, 2.45) is 0 Å². The minimum Gasteiger partial charge on any atom is -0.481 e. The zero-order chi connectivity index (χ0) is 12.0. The van der Waals surface area contributed by atoms with E-state index in [0.29, 0.717) is 0 Å². The van der Waals surface area contributed by atoms with Crippen molar-refractivity contribution in [3.8, 4) is 0 Å². The Hall–Kier alpha value is -2.10. The van der Waals surface area contributed by atoms with Gasteiger partial charge in [0.15, 0.2) is 5.78 Å². The molecule has 4 nitrogen and oxygen atoms in total. The van der Waals surface area contributed by atoms with E-state index >= 15 is 0 Å². The van der Waals surface area contributed by atoms with Crippen molar-refractivity contribution in [3.63, 3.8) is 0 Å². The van der Waals surface area contributed by atoms with E-state index in [9.17, 15) is 9.59 Å². The highest BCUT2D eigenvalue weighted by Gasteiger charge is 2.17. The van der Waals surface area contributed by atoms with Gasteiger partial charge in [-0.25, -0.2) is 0 Å². The Morgan fingerprint density at radius 1 is 1.38 bits per heavy atom. The molecular formula is C12H13NO3. The monoisotopic (exact) mass is 219 g/mol. The lowest BCUT2D eigenvalue weighted by Crippen LogP contribution is -2.28. The van der Waals surface area contributed by atoms with Gasteiger partial charge in [0, 0.05) is 5.69 Å². The van der Waals surface area contributed by atoms with Crippen LogP contribution in [0.15, 0.2) is 43.0 Å². The molecule has 0 aliphatic heterocycles. The number of nitrogens with one attached hydrogen (secondary N) is 1. The van der Waals surface area contributed by atoms with Crippen LogP contribution < -0.4 is 5.32 Å². The van der Waals surface area contributed by atoms with Crippen LogP contribution in [0.4, 0.5) is 5.69 Å². The summed E-state index contributed by atoms with van der Waals surface area (Å²) in [5.74, 6) is -1.54. The van der Waals surface area contributed by atoms with E-state index in [4.69, 9.17) is 5.11 Å². The summed E-state index contributed by atoms with van der Waals surface area (Å²) in [5.41, 5.74) is 0.756. The maximum atomic E-state index is 11.5. The van der Waals surface area contributed by atoms with Gasteiger partial charge in [0.05, 0.1) is 0 Å². The molecule has 0 aliphatic rings. The summed E-state index contributed by atoms with van der Waals surface area (Å²) in [4.78, 5) is 21.9. The molecule has 0 saturated carbocycles. The molecule has 4 heteroatoms. The third-order valence-corrected chi connectivity index (χ3v) is 2.00. The average molecular weight is 219 g/mol. The van der Waals surface area contributed by atoms with Crippen LogP contribution in [-0.2, 0) is 9.59 Å². The summed E-state index contributed by atoms with van der Waals surface area (Å²) < 4.78 is 0. The quantitative estimate of drug-likeness (QED) is 0.564. The van der Waals surface area contributed by atoms with Gasteiger partial charge >= 0.3 is 5.97 Å². The average Bonchev–Trinajstić information content (AvgIpc) is 2.26. The van der Waals surface area contributed by atoms with Gasteiger partial charge in [0.25, 0.3) is 0 Å². The molecule has 1 unspecified atom stereocenters. The summed E-state index contributed by atoms with van der Waals surface area (Å²) in [7, 11) is 0. The van der Waals surface area contributed by atoms with Crippen molar-refractivity contribution in [3.05, 3.63) is 43.0 Å². The molecule has 0 fully saturated rings. The molecule has 1 rings (SSSR count).